The second-order valence-corrected chi connectivity index (χ2v) is 7.13. The van der Waals surface area contributed by atoms with E-state index in [1.807, 2.05) is 18.2 Å². The van der Waals surface area contributed by atoms with Crippen molar-refractivity contribution in [1.29, 1.82) is 0 Å². The number of alkyl halides is 3. The molecule has 9 heteroatoms. The average Bonchev–Trinajstić information content (AvgIpc) is 2.74. The molecule has 0 bridgehead atoms. The summed E-state index contributed by atoms with van der Waals surface area (Å²) in [5.74, 6) is 0. The van der Waals surface area contributed by atoms with E-state index < -0.39 is 11.7 Å². The zero-order valence-electron chi connectivity index (χ0n) is 16.2. The van der Waals surface area contributed by atoms with Gasteiger partial charge in [0.05, 0.1) is 29.2 Å². The maximum atomic E-state index is 13.4. The fraction of sp³-hybridized carbons (Fsp3) is 0.136. The summed E-state index contributed by atoms with van der Waals surface area (Å²) in [6.45, 7) is 0.217. The number of rotatable bonds is 5. The van der Waals surface area contributed by atoms with Crippen LogP contribution in [-0.4, -0.2) is 22.1 Å². The van der Waals surface area contributed by atoms with Gasteiger partial charge in [0.25, 0.3) is 0 Å². The van der Waals surface area contributed by atoms with Gasteiger partial charge in [0.15, 0.2) is 5.65 Å². The number of nitrogens with zero attached hydrogens (tertiary/aromatic N) is 3. The number of pyridine rings is 3. The molecule has 0 amide bonds. The number of nitrogens with one attached hydrogen (secondary N) is 1. The molecule has 0 saturated heterocycles. The van der Waals surface area contributed by atoms with E-state index in [0.29, 0.717) is 21.8 Å². The third-order valence-electron chi connectivity index (χ3n) is 4.50. The Morgan fingerprint density at radius 1 is 1.03 bits per heavy atom. The van der Waals surface area contributed by atoms with E-state index in [4.69, 9.17) is 16.3 Å². The van der Waals surface area contributed by atoms with E-state index >= 15 is 0 Å². The van der Waals surface area contributed by atoms with Crippen molar-refractivity contribution in [3.63, 3.8) is 0 Å². The van der Waals surface area contributed by atoms with Gasteiger partial charge in [0.2, 0.25) is 0 Å². The Bertz CT molecular complexity index is 1230. The molecule has 0 aliphatic rings. The minimum Gasteiger partial charge on any atom is -0.378 e. The number of hydrogen-bond donors (Lipinski definition) is 1. The predicted molar refractivity (Wildman–Crippen MR) is 113 cm³/mol. The number of methoxy groups -OCH3 is 1. The third kappa shape index (κ3) is 4.60. The lowest BCUT2D eigenvalue weighted by Gasteiger charge is -2.14. The van der Waals surface area contributed by atoms with Crippen molar-refractivity contribution in [1.82, 2.24) is 15.0 Å². The van der Waals surface area contributed by atoms with E-state index in [-0.39, 0.29) is 23.6 Å². The van der Waals surface area contributed by atoms with E-state index in [1.54, 1.807) is 18.2 Å². The molecule has 0 saturated carbocycles. The maximum Gasteiger partial charge on any atom is 0.418 e. The van der Waals surface area contributed by atoms with Gasteiger partial charge in [-0.3, -0.25) is 4.98 Å². The minimum atomic E-state index is -4.55. The van der Waals surface area contributed by atoms with Gasteiger partial charge >= 0.3 is 6.18 Å². The first-order valence-corrected chi connectivity index (χ1v) is 9.58. The maximum absolute atomic E-state index is 13.4. The molecule has 0 spiro atoms. The second-order valence-electron chi connectivity index (χ2n) is 6.69. The molecule has 3 heterocycles. The molecule has 0 aliphatic heterocycles. The van der Waals surface area contributed by atoms with Crippen LogP contribution in [0.4, 0.5) is 24.5 Å². The largest absolute Gasteiger partial charge is 0.418 e. The summed E-state index contributed by atoms with van der Waals surface area (Å²) in [7, 11) is 1.53. The van der Waals surface area contributed by atoms with Gasteiger partial charge in [0.1, 0.15) is 5.69 Å². The normalized spacial score (nSPS) is 11.6. The van der Waals surface area contributed by atoms with E-state index in [9.17, 15) is 13.2 Å². The van der Waals surface area contributed by atoms with Crippen molar-refractivity contribution in [2.75, 3.05) is 12.4 Å². The van der Waals surface area contributed by atoms with Gasteiger partial charge in [-0.25, -0.2) is 9.97 Å². The molecule has 0 aliphatic carbocycles. The molecule has 3 aromatic heterocycles. The van der Waals surface area contributed by atoms with E-state index in [0.717, 1.165) is 11.8 Å². The van der Waals surface area contributed by atoms with Crippen LogP contribution in [0, 0.1) is 0 Å². The molecule has 0 fully saturated rings. The fourth-order valence-electron chi connectivity index (χ4n) is 3.14. The lowest BCUT2D eigenvalue weighted by Crippen LogP contribution is -2.09. The summed E-state index contributed by atoms with van der Waals surface area (Å²) in [5, 5.41) is 4.52. The van der Waals surface area contributed by atoms with Crippen LogP contribution < -0.4 is 5.32 Å². The van der Waals surface area contributed by atoms with Gasteiger partial charge in [-0.15, -0.1) is 0 Å². The van der Waals surface area contributed by atoms with Crippen molar-refractivity contribution in [3.8, 4) is 11.4 Å². The molecule has 0 unspecified atom stereocenters. The first kappa shape index (κ1) is 21.0. The SMILES string of the molecule is COCc1cc(Nc2ccc(Cl)cc2)c2ccc(-c3ncccc3C(F)(F)F)nc2n1. The molecule has 0 radical (unpaired) electrons. The number of ether oxygens (including phenoxy) is 1. The highest BCUT2D eigenvalue weighted by atomic mass is 35.5. The summed E-state index contributed by atoms with van der Waals surface area (Å²) in [5.41, 5.74) is 1.32. The first-order chi connectivity index (χ1) is 14.8. The fourth-order valence-corrected chi connectivity index (χ4v) is 3.27. The molecular formula is C22H16ClF3N4O. The van der Waals surface area contributed by atoms with E-state index in [1.165, 1.54) is 25.4 Å². The molecule has 4 aromatic rings. The molecule has 0 atom stereocenters. The Morgan fingerprint density at radius 3 is 2.52 bits per heavy atom. The van der Waals surface area contributed by atoms with Crippen LogP contribution in [0.5, 0.6) is 0 Å². The molecule has 158 valence electrons. The third-order valence-corrected chi connectivity index (χ3v) is 4.75. The molecule has 5 nitrogen and oxygen atoms in total. The standard InChI is InChI=1S/C22H16ClF3N4O/c1-31-12-15-11-19(28-14-6-4-13(23)5-7-14)16-8-9-18(30-21(16)29-15)20-17(22(24,25)26)3-2-10-27-20/h2-11H,12H2,1H3,(H,28,29,30). The second kappa shape index (κ2) is 8.49. The number of anilines is 2. The Kier molecular flexibility index (Phi) is 5.75. The smallest absolute Gasteiger partial charge is 0.378 e. The molecule has 1 aromatic carbocycles. The number of hydrogen-bond acceptors (Lipinski definition) is 5. The highest BCUT2D eigenvalue weighted by molar-refractivity contribution is 6.30. The molecular weight excluding hydrogens is 429 g/mol. The van der Waals surface area contributed by atoms with Gasteiger partial charge in [-0.1, -0.05) is 11.6 Å². The lowest BCUT2D eigenvalue weighted by molar-refractivity contribution is -0.137. The highest BCUT2D eigenvalue weighted by Crippen LogP contribution is 2.36. The zero-order valence-corrected chi connectivity index (χ0v) is 17.0. The van der Waals surface area contributed by atoms with Crippen molar-refractivity contribution in [2.45, 2.75) is 12.8 Å². The van der Waals surface area contributed by atoms with Crippen molar-refractivity contribution < 1.29 is 17.9 Å². The van der Waals surface area contributed by atoms with Crippen LogP contribution in [0.2, 0.25) is 5.02 Å². The summed E-state index contributed by atoms with van der Waals surface area (Å²) in [4.78, 5) is 12.8. The van der Waals surface area contributed by atoms with Crippen LogP contribution >= 0.6 is 11.6 Å². The van der Waals surface area contributed by atoms with Crippen molar-refractivity contribution >= 4 is 34.0 Å². The van der Waals surface area contributed by atoms with Crippen molar-refractivity contribution in [3.05, 3.63) is 77.1 Å². The Hall–Kier alpha value is -3.23. The molecule has 1 N–H and O–H groups in total. The van der Waals surface area contributed by atoms with E-state index in [2.05, 4.69) is 20.3 Å². The van der Waals surface area contributed by atoms with Crippen LogP contribution in [0.3, 0.4) is 0 Å². The quantitative estimate of drug-likeness (QED) is 0.394. The lowest BCUT2D eigenvalue weighted by atomic mass is 10.1. The number of fused-ring (bicyclic) bond motifs is 1. The predicted octanol–water partition coefficient (Wildman–Crippen LogP) is 6.25. The van der Waals surface area contributed by atoms with Crippen molar-refractivity contribution in [2.24, 2.45) is 0 Å². The highest BCUT2D eigenvalue weighted by Gasteiger charge is 2.34. The van der Waals surface area contributed by atoms with Gasteiger partial charge in [0, 0.05) is 29.4 Å². The van der Waals surface area contributed by atoms with Crippen LogP contribution in [-0.2, 0) is 17.5 Å². The Labute approximate surface area is 180 Å². The van der Waals surface area contributed by atoms with Crippen LogP contribution in [0.1, 0.15) is 11.3 Å². The molecule has 31 heavy (non-hydrogen) atoms. The zero-order chi connectivity index (χ0) is 22.0. The summed E-state index contributed by atoms with van der Waals surface area (Å²) in [6.07, 6.45) is -3.24. The molecule has 4 rings (SSSR count). The Balaban J connectivity index is 1.84. The summed E-state index contributed by atoms with van der Waals surface area (Å²) < 4.78 is 45.5. The van der Waals surface area contributed by atoms with Gasteiger partial charge < -0.3 is 10.1 Å². The first-order valence-electron chi connectivity index (χ1n) is 9.20. The van der Waals surface area contributed by atoms with Crippen LogP contribution in [0.15, 0.2) is 60.8 Å². The Morgan fingerprint density at radius 2 is 1.81 bits per heavy atom. The number of aromatic nitrogens is 3. The monoisotopic (exact) mass is 444 g/mol. The average molecular weight is 445 g/mol. The van der Waals surface area contributed by atoms with Gasteiger partial charge in [-0.2, -0.15) is 13.2 Å². The topological polar surface area (TPSA) is 59.9 Å². The summed E-state index contributed by atoms with van der Waals surface area (Å²) in [6, 6.07) is 14.3. The number of benzene rings is 1. The minimum absolute atomic E-state index is 0.0833. The summed E-state index contributed by atoms with van der Waals surface area (Å²) >= 11 is 5.95. The van der Waals surface area contributed by atoms with Crippen LogP contribution in [0.25, 0.3) is 22.4 Å². The van der Waals surface area contributed by atoms with Gasteiger partial charge in [-0.05, 0) is 54.6 Å². The number of halogens is 4.